The maximum absolute atomic E-state index is 5.72. The van der Waals surface area contributed by atoms with Gasteiger partial charge in [-0.2, -0.15) is 0 Å². The number of hydrogen-bond acceptors (Lipinski definition) is 4. The van der Waals surface area contributed by atoms with Crippen molar-refractivity contribution in [1.82, 2.24) is 10.3 Å². The Labute approximate surface area is 128 Å². The van der Waals surface area contributed by atoms with Crippen molar-refractivity contribution >= 4 is 5.82 Å². The van der Waals surface area contributed by atoms with Gasteiger partial charge in [-0.25, -0.2) is 4.98 Å². The van der Waals surface area contributed by atoms with Gasteiger partial charge in [0, 0.05) is 31.5 Å². The molecule has 1 fully saturated rings. The van der Waals surface area contributed by atoms with Crippen LogP contribution in [0.4, 0.5) is 5.82 Å². The van der Waals surface area contributed by atoms with Crippen molar-refractivity contribution in [3.8, 4) is 0 Å². The van der Waals surface area contributed by atoms with Crippen LogP contribution in [-0.2, 0) is 11.3 Å². The smallest absolute Gasteiger partial charge is 0.133 e. The zero-order chi connectivity index (χ0) is 15.4. The quantitative estimate of drug-likeness (QED) is 0.818. The Morgan fingerprint density at radius 1 is 1.43 bits per heavy atom. The minimum absolute atomic E-state index is 0.272. The minimum atomic E-state index is 0.272. The molecular weight excluding hydrogens is 262 g/mol. The molecule has 1 saturated heterocycles. The lowest BCUT2D eigenvalue weighted by Gasteiger charge is -2.30. The van der Waals surface area contributed by atoms with Crippen LogP contribution in [0.15, 0.2) is 6.07 Å². The molecule has 2 atom stereocenters. The summed E-state index contributed by atoms with van der Waals surface area (Å²) in [5.74, 6) is 1.11. The van der Waals surface area contributed by atoms with Crippen LogP contribution in [0.5, 0.6) is 0 Å². The molecular formula is C17H29N3O. The third-order valence-electron chi connectivity index (χ3n) is 4.35. The lowest BCUT2D eigenvalue weighted by molar-refractivity contribution is 0.118. The van der Waals surface area contributed by atoms with Gasteiger partial charge in [-0.3, -0.25) is 0 Å². The van der Waals surface area contributed by atoms with Crippen LogP contribution in [0.25, 0.3) is 0 Å². The van der Waals surface area contributed by atoms with Gasteiger partial charge in [0.15, 0.2) is 0 Å². The molecule has 0 spiro atoms. The molecule has 0 saturated carbocycles. The summed E-state index contributed by atoms with van der Waals surface area (Å²) in [4.78, 5) is 7.14. The topological polar surface area (TPSA) is 37.4 Å². The number of anilines is 1. The Hall–Kier alpha value is -1.13. The molecule has 1 aromatic rings. The number of nitrogens with zero attached hydrogens (tertiary/aromatic N) is 2. The molecule has 1 aliphatic heterocycles. The third kappa shape index (κ3) is 3.74. The standard InChI is InChI=1S/C17H29N3O/c1-6-8-18-11-15-12(2)10-13(3)19-17(15)20(5)16-7-9-21-14(16)4/h10,14,16,18H,6-9,11H2,1-5H3. The van der Waals surface area contributed by atoms with Gasteiger partial charge in [0.05, 0.1) is 12.1 Å². The van der Waals surface area contributed by atoms with E-state index in [1.54, 1.807) is 0 Å². The van der Waals surface area contributed by atoms with Crippen LogP contribution < -0.4 is 10.2 Å². The van der Waals surface area contributed by atoms with Crippen molar-refractivity contribution in [1.29, 1.82) is 0 Å². The first-order chi connectivity index (χ1) is 10.0. The van der Waals surface area contributed by atoms with E-state index in [1.165, 1.54) is 11.1 Å². The number of rotatable bonds is 6. The fourth-order valence-corrected chi connectivity index (χ4v) is 3.13. The maximum Gasteiger partial charge on any atom is 0.133 e. The highest BCUT2D eigenvalue weighted by atomic mass is 16.5. The molecule has 21 heavy (non-hydrogen) atoms. The summed E-state index contributed by atoms with van der Waals surface area (Å²) >= 11 is 0. The van der Waals surface area contributed by atoms with Gasteiger partial charge >= 0.3 is 0 Å². The monoisotopic (exact) mass is 291 g/mol. The molecule has 0 aromatic carbocycles. The molecule has 0 bridgehead atoms. The Bertz CT molecular complexity index is 475. The van der Waals surface area contributed by atoms with Crippen LogP contribution in [-0.4, -0.2) is 37.3 Å². The van der Waals surface area contributed by atoms with Gasteiger partial charge in [-0.15, -0.1) is 0 Å². The highest BCUT2D eigenvalue weighted by molar-refractivity contribution is 5.52. The van der Waals surface area contributed by atoms with Crippen LogP contribution >= 0.6 is 0 Å². The fraction of sp³-hybridized carbons (Fsp3) is 0.706. The van der Waals surface area contributed by atoms with E-state index >= 15 is 0 Å². The van der Waals surface area contributed by atoms with Gasteiger partial charge in [-0.05, 0) is 51.8 Å². The van der Waals surface area contributed by atoms with Crippen molar-refractivity contribution < 1.29 is 4.74 Å². The van der Waals surface area contributed by atoms with Crippen molar-refractivity contribution in [2.24, 2.45) is 0 Å². The lowest BCUT2D eigenvalue weighted by atomic mass is 10.1. The average molecular weight is 291 g/mol. The molecule has 0 amide bonds. The van der Waals surface area contributed by atoms with E-state index in [2.05, 4.69) is 51.0 Å². The summed E-state index contributed by atoms with van der Waals surface area (Å²) in [7, 11) is 2.15. The highest BCUT2D eigenvalue weighted by Gasteiger charge is 2.30. The number of ether oxygens (including phenoxy) is 1. The molecule has 4 heteroatoms. The van der Waals surface area contributed by atoms with Crippen LogP contribution in [0, 0.1) is 13.8 Å². The van der Waals surface area contributed by atoms with E-state index in [1.807, 2.05) is 0 Å². The fourth-order valence-electron chi connectivity index (χ4n) is 3.13. The highest BCUT2D eigenvalue weighted by Crippen LogP contribution is 2.28. The number of aromatic nitrogens is 1. The summed E-state index contributed by atoms with van der Waals surface area (Å²) in [5, 5.41) is 3.51. The Kier molecular flexibility index (Phi) is 5.59. The third-order valence-corrected chi connectivity index (χ3v) is 4.35. The second-order valence-electron chi connectivity index (χ2n) is 6.10. The molecule has 2 unspecified atom stereocenters. The Morgan fingerprint density at radius 3 is 2.81 bits per heavy atom. The predicted molar refractivity (Wildman–Crippen MR) is 87.9 cm³/mol. The molecule has 2 rings (SSSR count). The van der Waals surface area contributed by atoms with Crippen LogP contribution in [0.2, 0.25) is 0 Å². The zero-order valence-corrected chi connectivity index (χ0v) is 14.1. The number of aryl methyl sites for hydroxylation is 2. The second kappa shape index (κ2) is 7.23. The van der Waals surface area contributed by atoms with Crippen molar-refractivity contribution in [3.63, 3.8) is 0 Å². The summed E-state index contributed by atoms with van der Waals surface area (Å²) in [6.07, 6.45) is 2.50. The molecule has 4 nitrogen and oxygen atoms in total. The number of likely N-dealkylation sites (N-methyl/N-ethyl adjacent to an activating group) is 1. The van der Waals surface area contributed by atoms with Crippen molar-refractivity contribution in [3.05, 3.63) is 22.9 Å². The minimum Gasteiger partial charge on any atom is -0.376 e. The summed E-state index contributed by atoms with van der Waals surface area (Å²) < 4.78 is 5.72. The normalized spacial score (nSPS) is 21.8. The summed E-state index contributed by atoms with van der Waals surface area (Å²) in [5.41, 5.74) is 3.72. The largest absolute Gasteiger partial charge is 0.376 e. The molecule has 0 aliphatic carbocycles. The van der Waals surface area contributed by atoms with Gasteiger partial charge < -0.3 is 15.0 Å². The van der Waals surface area contributed by atoms with E-state index in [0.717, 1.165) is 44.0 Å². The maximum atomic E-state index is 5.72. The van der Waals surface area contributed by atoms with Gasteiger partial charge in [-0.1, -0.05) is 6.92 Å². The molecule has 2 heterocycles. The van der Waals surface area contributed by atoms with Gasteiger partial charge in [0.2, 0.25) is 0 Å². The summed E-state index contributed by atoms with van der Waals surface area (Å²) in [6.45, 7) is 11.4. The van der Waals surface area contributed by atoms with Gasteiger partial charge in [0.25, 0.3) is 0 Å². The van der Waals surface area contributed by atoms with E-state index in [4.69, 9.17) is 9.72 Å². The summed E-state index contributed by atoms with van der Waals surface area (Å²) in [6, 6.07) is 2.60. The molecule has 118 valence electrons. The first-order valence-corrected chi connectivity index (χ1v) is 8.06. The second-order valence-corrected chi connectivity index (χ2v) is 6.10. The van der Waals surface area contributed by atoms with Crippen LogP contribution in [0.3, 0.4) is 0 Å². The van der Waals surface area contributed by atoms with Crippen LogP contribution in [0.1, 0.15) is 43.5 Å². The SMILES string of the molecule is CCCNCc1c(C)cc(C)nc1N(C)C1CCOC1C. The molecule has 1 aromatic heterocycles. The zero-order valence-electron chi connectivity index (χ0n) is 14.1. The first kappa shape index (κ1) is 16.2. The van der Waals surface area contributed by atoms with E-state index in [0.29, 0.717) is 6.04 Å². The number of nitrogens with one attached hydrogen (secondary N) is 1. The average Bonchev–Trinajstić information content (AvgIpc) is 2.86. The lowest BCUT2D eigenvalue weighted by Crippen LogP contribution is -2.38. The molecule has 1 aliphatic rings. The Morgan fingerprint density at radius 2 is 2.19 bits per heavy atom. The van der Waals surface area contributed by atoms with E-state index < -0.39 is 0 Å². The molecule has 1 N–H and O–H groups in total. The van der Waals surface area contributed by atoms with E-state index in [9.17, 15) is 0 Å². The number of pyridine rings is 1. The Balaban J connectivity index is 2.27. The first-order valence-electron chi connectivity index (χ1n) is 8.06. The van der Waals surface area contributed by atoms with Gasteiger partial charge in [0.1, 0.15) is 5.82 Å². The van der Waals surface area contributed by atoms with Crippen molar-refractivity contribution in [2.45, 2.75) is 59.2 Å². The predicted octanol–water partition coefficient (Wildman–Crippen LogP) is 2.81. The van der Waals surface area contributed by atoms with Crippen molar-refractivity contribution in [2.75, 3.05) is 25.1 Å². The van der Waals surface area contributed by atoms with E-state index in [-0.39, 0.29) is 6.10 Å². The molecule has 0 radical (unpaired) electrons. The number of hydrogen-bond donors (Lipinski definition) is 1.